The van der Waals surface area contributed by atoms with Gasteiger partial charge in [0.2, 0.25) is 0 Å². The molecule has 1 unspecified atom stereocenters. The fraction of sp³-hybridized carbons (Fsp3) is 0.333. The quantitative estimate of drug-likeness (QED) is 0.395. The minimum atomic E-state index is -0.238. The molecule has 3 aromatic heterocycles. The Hall–Kier alpha value is -2.65. The Morgan fingerprint density at radius 3 is 2.90 bits per heavy atom. The van der Waals surface area contributed by atoms with E-state index in [0.29, 0.717) is 10.7 Å². The molecule has 4 aromatic rings. The van der Waals surface area contributed by atoms with Gasteiger partial charge in [-0.2, -0.15) is 0 Å². The molecule has 0 fully saturated rings. The zero-order valence-corrected chi connectivity index (χ0v) is 19.0. The molecule has 30 heavy (non-hydrogen) atoms. The van der Waals surface area contributed by atoms with Gasteiger partial charge in [0.25, 0.3) is 5.56 Å². The van der Waals surface area contributed by atoms with Gasteiger partial charge in [0.1, 0.15) is 5.75 Å². The molecule has 1 aromatic carbocycles. The summed E-state index contributed by atoms with van der Waals surface area (Å²) in [5.74, 6) is 2.19. The van der Waals surface area contributed by atoms with Gasteiger partial charge in [-0.25, -0.2) is 4.98 Å². The summed E-state index contributed by atoms with van der Waals surface area (Å²) in [6, 6.07) is 7.62. The van der Waals surface area contributed by atoms with E-state index in [9.17, 15) is 4.79 Å². The highest BCUT2D eigenvalue weighted by Crippen LogP contribution is 2.28. The van der Waals surface area contributed by atoms with Crippen LogP contribution in [0.4, 0.5) is 0 Å². The van der Waals surface area contributed by atoms with E-state index in [-0.39, 0.29) is 11.7 Å². The highest BCUT2D eigenvalue weighted by Gasteiger charge is 2.20. The maximum Gasteiger partial charge on any atom is 0.258 e. The number of aryl methyl sites for hydroxylation is 1. The third kappa shape index (κ3) is 3.99. The predicted molar refractivity (Wildman–Crippen MR) is 120 cm³/mol. The smallest absolute Gasteiger partial charge is 0.258 e. The van der Waals surface area contributed by atoms with Crippen molar-refractivity contribution < 1.29 is 4.74 Å². The normalized spacial score (nSPS) is 12.4. The first-order valence-corrected chi connectivity index (χ1v) is 11.6. The second-order valence-electron chi connectivity index (χ2n) is 6.97. The monoisotopic (exact) mass is 441 g/mol. The van der Waals surface area contributed by atoms with Crippen LogP contribution in [0.1, 0.15) is 42.6 Å². The Kier molecular flexibility index (Phi) is 5.92. The van der Waals surface area contributed by atoms with E-state index in [1.807, 2.05) is 24.4 Å². The number of rotatable bonds is 7. The Balaban J connectivity index is 1.52. The average molecular weight is 442 g/mol. The molecule has 7 nitrogen and oxygen atoms in total. The van der Waals surface area contributed by atoms with Crippen LogP contribution in [0.25, 0.3) is 4.96 Å². The predicted octanol–water partition coefficient (Wildman–Crippen LogP) is 4.42. The molecule has 0 bridgehead atoms. The van der Waals surface area contributed by atoms with Crippen LogP contribution in [0.3, 0.4) is 0 Å². The van der Waals surface area contributed by atoms with Crippen molar-refractivity contribution in [2.45, 2.75) is 51.3 Å². The Labute approximate surface area is 182 Å². The number of nitrogens with zero attached hydrogens (tertiary/aromatic N) is 5. The molecule has 1 atom stereocenters. The van der Waals surface area contributed by atoms with E-state index < -0.39 is 0 Å². The highest BCUT2D eigenvalue weighted by atomic mass is 32.2. The van der Waals surface area contributed by atoms with Gasteiger partial charge in [0.05, 0.1) is 5.69 Å². The molecule has 156 valence electrons. The highest BCUT2D eigenvalue weighted by molar-refractivity contribution is 7.98. The summed E-state index contributed by atoms with van der Waals surface area (Å²) in [7, 11) is 0. The molecule has 0 saturated heterocycles. The van der Waals surface area contributed by atoms with Gasteiger partial charge in [-0.3, -0.25) is 9.20 Å². The Bertz CT molecular complexity index is 1240. The molecule has 0 aliphatic heterocycles. The summed E-state index contributed by atoms with van der Waals surface area (Å²) in [5, 5.41) is 11.4. The van der Waals surface area contributed by atoms with Crippen LogP contribution in [0.15, 0.2) is 45.8 Å². The van der Waals surface area contributed by atoms with Crippen LogP contribution in [-0.4, -0.2) is 24.1 Å². The standard InChI is InChI=1S/C21H23N5O2S2/c1-5-25-19(15(4)28-17-8-6-7-13(2)14(17)3)23-24-21(25)30-12-16-11-18(27)26-9-10-29-20(26)22-16/h6-11,15H,5,12H2,1-4H3. The lowest BCUT2D eigenvalue weighted by Gasteiger charge is -2.17. The molecule has 0 spiro atoms. The number of fused-ring (bicyclic) bond motifs is 1. The first-order chi connectivity index (χ1) is 14.5. The molecule has 0 aliphatic rings. The van der Waals surface area contributed by atoms with Crippen molar-refractivity contribution in [3.63, 3.8) is 0 Å². The van der Waals surface area contributed by atoms with Crippen LogP contribution in [0.2, 0.25) is 0 Å². The molecular formula is C21H23N5O2S2. The summed E-state index contributed by atoms with van der Waals surface area (Å²) >= 11 is 2.97. The van der Waals surface area contributed by atoms with Gasteiger partial charge in [-0.15, -0.1) is 21.5 Å². The van der Waals surface area contributed by atoms with Gasteiger partial charge < -0.3 is 9.30 Å². The van der Waals surface area contributed by atoms with Gasteiger partial charge in [-0.1, -0.05) is 23.9 Å². The second-order valence-corrected chi connectivity index (χ2v) is 8.79. The van der Waals surface area contributed by atoms with E-state index >= 15 is 0 Å². The molecule has 0 saturated carbocycles. The van der Waals surface area contributed by atoms with E-state index in [0.717, 1.165) is 34.5 Å². The van der Waals surface area contributed by atoms with E-state index in [1.54, 1.807) is 16.7 Å². The van der Waals surface area contributed by atoms with Crippen molar-refractivity contribution in [2.24, 2.45) is 0 Å². The maximum atomic E-state index is 12.2. The summed E-state index contributed by atoms with van der Waals surface area (Å²) in [4.78, 5) is 17.4. The van der Waals surface area contributed by atoms with Crippen LogP contribution in [0.5, 0.6) is 5.75 Å². The summed E-state index contributed by atoms with van der Waals surface area (Å²) in [6.45, 7) is 8.90. The van der Waals surface area contributed by atoms with Crippen molar-refractivity contribution >= 4 is 28.1 Å². The number of thioether (sulfide) groups is 1. The molecular weight excluding hydrogens is 418 g/mol. The third-order valence-corrected chi connectivity index (χ3v) is 6.75. The van der Waals surface area contributed by atoms with Gasteiger partial charge in [0, 0.05) is 29.9 Å². The van der Waals surface area contributed by atoms with Crippen LogP contribution < -0.4 is 10.3 Å². The number of hydrogen-bond donors (Lipinski definition) is 0. The number of thiazole rings is 1. The minimum Gasteiger partial charge on any atom is -0.482 e. The third-order valence-electron chi connectivity index (χ3n) is 4.99. The fourth-order valence-corrected chi connectivity index (χ4v) is 4.84. The largest absolute Gasteiger partial charge is 0.482 e. The molecule has 0 aliphatic carbocycles. The number of benzene rings is 1. The summed E-state index contributed by atoms with van der Waals surface area (Å²) in [6.07, 6.45) is 1.50. The van der Waals surface area contributed by atoms with Gasteiger partial charge in [0.15, 0.2) is 22.0 Å². The number of ether oxygens (including phenoxy) is 1. The van der Waals surface area contributed by atoms with E-state index in [1.165, 1.54) is 28.7 Å². The maximum absolute atomic E-state index is 12.2. The van der Waals surface area contributed by atoms with E-state index in [2.05, 4.69) is 46.6 Å². The minimum absolute atomic E-state index is 0.0648. The second kappa shape index (κ2) is 8.61. The Morgan fingerprint density at radius 1 is 1.27 bits per heavy atom. The lowest BCUT2D eigenvalue weighted by Crippen LogP contribution is -2.13. The van der Waals surface area contributed by atoms with Crippen molar-refractivity contribution in [1.29, 1.82) is 0 Å². The fourth-order valence-electron chi connectivity index (χ4n) is 3.20. The van der Waals surface area contributed by atoms with Crippen molar-refractivity contribution in [1.82, 2.24) is 24.1 Å². The van der Waals surface area contributed by atoms with E-state index in [4.69, 9.17) is 4.74 Å². The first-order valence-electron chi connectivity index (χ1n) is 9.72. The summed E-state index contributed by atoms with van der Waals surface area (Å²) in [5.41, 5.74) is 2.99. The molecule has 4 rings (SSSR count). The van der Waals surface area contributed by atoms with Crippen molar-refractivity contribution in [3.8, 4) is 5.75 Å². The van der Waals surface area contributed by atoms with Crippen molar-refractivity contribution in [3.05, 3.63) is 68.8 Å². The SMILES string of the molecule is CCn1c(SCc2cc(=O)n3ccsc3n2)nnc1C(C)Oc1cccc(C)c1C. The van der Waals surface area contributed by atoms with Gasteiger partial charge in [-0.05, 0) is 44.9 Å². The zero-order valence-electron chi connectivity index (χ0n) is 17.3. The van der Waals surface area contributed by atoms with Crippen LogP contribution in [0, 0.1) is 13.8 Å². The molecule has 0 amide bonds. The Morgan fingerprint density at radius 2 is 2.10 bits per heavy atom. The van der Waals surface area contributed by atoms with Gasteiger partial charge >= 0.3 is 0 Å². The van der Waals surface area contributed by atoms with Crippen LogP contribution >= 0.6 is 23.1 Å². The molecule has 9 heteroatoms. The average Bonchev–Trinajstić information content (AvgIpc) is 3.36. The number of aromatic nitrogens is 5. The lowest BCUT2D eigenvalue weighted by atomic mass is 10.1. The van der Waals surface area contributed by atoms with Crippen molar-refractivity contribution in [2.75, 3.05) is 0 Å². The molecule has 0 N–H and O–H groups in total. The first kappa shape index (κ1) is 20.6. The zero-order chi connectivity index (χ0) is 21.3. The lowest BCUT2D eigenvalue weighted by molar-refractivity contribution is 0.208. The van der Waals surface area contributed by atoms with Crippen LogP contribution in [-0.2, 0) is 12.3 Å². The number of hydrogen-bond acceptors (Lipinski definition) is 7. The topological polar surface area (TPSA) is 74.3 Å². The molecule has 3 heterocycles. The summed E-state index contributed by atoms with van der Waals surface area (Å²) < 4.78 is 9.80. The molecule has 0 radical (unpaired) electrons.